The minimum Gasteiger partial charge on any atom is -0.312 e. The van der Waals surface area contributed by atoms with Crippen LogP contribution in [0.25, 0.3) is 0 Å². The van der Waals surface area contributed by atoms with Crippen molar-refractivity contribution in [2.75, 3.05) is 18.8 Å². The van der Waals surface area contributed by atoms with E-state index in [0.29, 0.717) is 21.8 Å². The molecule has 4 nitrogen and oxygen atoms in total. The van der Waals surface area contributed by atoms with Crippen LogP contribution in [0.5, 0.6) is 0 Å². The van der Waals surface area contributed by atoms with Crippen molar-refractivity contribution in [1.29, 1.82) is 0 Å². The largest absolute Gasteiger partial charge is 0.312 e. The van der Waals surface area contributed by atoms with Gasteiger partial charge in [0.15, 0.2) is 0 Å². The predicted octanol–water partition coefficient (Wildman–Crippen LogP) is 3.18. The summed E-state index contributed by atoms with van der Waals surface area (Å²) in [5.74, 6) is 1.12. The van der Waals surface area contributed by atoms with E-state index in [9.17, 15) is 8.42 Å². The van der Waals surface area contributed by atoms with Gasteiger partial charge in [-0.05, 0) is 54.1 Å². The average molecular weight is 413 g/mol. The molecule has 0 spiro atoms. The van der Waals surface area contributed by atoms with Crippen LogP contribution in [0.1, 0.15) is 31.6 Å². The van der Waals surface area contributed by atoms with Crippen LogP contribution in [0.3, 0.4) is 0 Å². The van der Waals surface area contributed by atoms with Crippen molar-refractivity contribution >= 4 is 49.1 Å². The Morgan fingerprint density at radius 2 is 2.24 bits per heavy atom. The first-order chi connectivity index (χ1) is 9.86. The molecule has 1 aromatic heterocycles. The molecule has 120 valence electrons. The number of thiophene rings is 1. The molecule has 1 aliphatic rings. The van der Waals surface area contributed by atoms with E-state index in [-0.39, 0.29) is 4.75 Å². The van der Waals surface area contributed by atoms with E-state index in [1.165, 1.54) is 11.3 Å². The zero-order valence-electron chi connectivity index (χ0n) is 12.2. The minimum atomic E-state index is -3.45. The number of thioether (sulfide) groups is 1. The molecule has 2 rings (SSSR count). The summed E-state index contributed by atoms with van der Waals surface area (Å²) in [6, 6.07) is 1.75. The van der Waals surface area contributed by atoms with Gasteiger partial charge in [-0.2, -0.15) is 11.8 Å². The summed E-state index contributed by atoms with van der Waals surface area (Å²) in [5.41, 5.74) is 0. The van der Waals surface area contributed by atoms with Crippen LogP contribution in [-0.4, -0.2) is 32.0 Å². The molecule has 0 saturated carbocycles. The maximum Gasteiger partial charge on any atom is 0.242 e. The summed E-state index contributed by atoms with van der Waals surface area (Å²) in [5, 5.41) is 3.21. The summed E-state index contributed by atoms with van der Waals surface area (Å²) in [6.45, 7) is 6.22. The lowest BCUT2D eigenvalue weighted by atomic mass is 10.1. The Morgan fingerprint density at radius 1 is 1.48 bits per heavy atom. The summed E-state index contributed by atoms with van der Waals surface area (Å²) in [7, 11) is -3.45. The van der Waals surface area contributed by atoms with Gasteiger partial charge >= 0.3 is 0 Å². The van der Waals surface area contributed by atoms with E-state index in [0.717, 1.165) is 30.0 Å². The van der Waals surface area contributed by atoms with Crippen LogP contribution in [-0.2, 0) is 16.6 Å². The summed E-state index contributed by atoms with van der Waals surface area (Å²) in [6.07, 6.45) is 2.23. The van der Waals surface area contributed by atoms with Crippen LogP contribution >= 0.6 is 39.0 Å². The minimum absolute atomic E-state index is 0.0299. The lowest BCUT2D eigenvalue weighted by molar-refractivity contribution is 0.552. The first kappa shape index (κ1) is 17.7. The Kier molecular flexibility index (Phi) is 6.18. The molecule has 0 amide bonds. The number of hydrogen-bond acceptors (Lipinski definition) is 5. The molecular weight excluding hydrogens is 392 g/mol. The fourth-order valence-electron chi connectivity index (χ4n) is 2.22. The Morgan fingerprint density at radius 3 is 2.86 bits per heavy atom. The van der Waals surface area contributed by atoms with E-state index in [1.54, 1.807) is 6.07 Å². The van der Waals surface area contributed by atoms with E-state index < -0.39 is 10.0 Å². The van der Waals surface area contributed by atoms with Crippen LogP contribution in [0, 0.1) is 0 Å². The smallest absolute Gasteiger partial charge is 0.242 e. The van der Waals surface area contributed by atoms with Crippen molar-refractivity contribution in [3.8, 4) is 0 Å². The lowest BCUT2D eigenvalue weighted by Gasteiger charge is -2.22. The molecule has 1 aromatic rings. The molecule has 0 aromatic carbocycles. The highest BCUT2D eigenvalue weighted by Crippen LogP contribution is 2.38. The number of nitrogens with one attached hydrogen (secondary N) is 2. The third-order valence-electron chi connectivity index (χ3n) is 3.48. The maximum atomic E-state index is 12.5. The second kappa shape index (κ2) is 7.31. The van der Waals surface area contributed by atoms with Crippen molar-refractivity contribution in [2.45, 2.75) is 42.9 Å². The molecule has 2 heterocycles. The number of rotatable bonds is 7. The summed E-state index contributed by atoms with van der Waals surface area (Å²) in [4.78, 5) is 1.37. The Bertz CT molecular complexity index is 580. The van der Waals surface area contributed by atoms with Crippen molar-refractivity contribution in [3.63, 3.8) is 0 Å². The van der Waals surface area contributed by atoms with Crippen LogP contribution < -0.4 is 10.0 Å². The molecular formula is C13H21BrN2O2S3. The van der Waals surface area contributed by atoms with Crippen LogP contribution in [0.15, 0.2) is 14.7 Å². The first-order valence-electron chi connectivity index (χ1n) is 6.99. The normalized spacial score (nSPS) is 22.8. The molecule has 8 heteroatoms. The third-order valence-corrected chi connectivity index (χ3v) is 8.67. The van der Waals surface area contributed by atoms with Crippen molar-refractivity contribution in [1.82, 2.24) is 10.0 Å². The molecule has 0 aliphatic carbocycles. The zero-order valence-corrected chi connectivity index (χ0v) is 16.3. The second-order valence-electron chi connectivity index (χ2n) is 5.36. The van der Waals surface area contributed by atoms with Gasteiger partial charge in [0.05, 0.1) is 3.79 Å². The van der Waals surface area contributed by atoms with Gasteiger partial charge in [0.2, 0.25) is 10.0 Å². The van der Waals surface area contributed by atoms with E-state index in [2.05, 4.69) is 32.9 Å². The van der Waals surface area contributed by atoms with E-state index in [1.807, 2.05) is 18.7 Å². The van der Waals surface area contributed by atoms with Crippen LogP contribution in [0.4, 0.5) is 0 Å². The highest BCUT2D eigenvalue weighted by atomic mass is 79.9. The quantitative estimate of drug-likeness (QED) is 0.721. The lowest BCUT2D eigenvalue weighted by Crippen LogP contribution is -2.36. The van der Waals surface area contributed by atoms with Gasteiger partial charge < -0.3 is 5.32 Å². The van der Waals surface area contributed by atoms with Gasteiger partial charge in [-0.1, -0.05) is 6.92 Å². The Hall–Kier alpha value is 0.400. The topological polar surface area (TPSA) is 58.2 Å². The summed E-state index contributed by atoms with van der Waals surface area (Å²) < 4.78 is 28.4. The Balaban J connectivity index is 2.06. The molecule has 1 atom stereocenters. The van der Waals surface area contributed by atoms with Crippen molar-refractivity contribution < 1.29 is 8.42 Å². The van der Waals surface area contributed by atoms with Gasteiger partial charge in [0.25, 0.3) is 0 Å². The maximum absolute atomic E-state index is 12.5. The Labute approximate surface area is 143 Å². The number of sulfonamides is 1. The molecule has 1 saturated heterocycles. The van der Waals surface area contributed by atoms with Crippen LogP contribution in [0.2, 0.25) is 0 Å². The number of hydrogen-bond donors (Lipinski definition) is 2. The zero-order chi connectivity index (χ0) is 15.5. The van der Waals surface area contributed by atoms with Gasteiger partial charge in [-0.15, -0.1) is 11.3 Å². The average Bonchev–Trinajstić information content (AvgIpc) is 3.02. The van der Waals surface area contributed by atoms with E-state index >= 15 is 0 Å². The SMILES string of the molecule is CCNCc1cc(S(=O)(=O)NCC2(C)CCCS2)c(Br)s1. The van der Waals surface area contributed by atoms with Crippen molar-refractivity contribution in [2.24, 2.45) is 0 Å². The first-order valence-corrected chi connectivity index (χ1v) is 11.1. The highest BCUT2D eigenvalue weighted by molar-refractivity contribution is 9.11. The monoisotopic (exact) mass is 412 g/mol. The summed E-state index contributed by atoms with van der Waals surface area (Å²) >= 11 is 6.70. The molecule has 2 N–H and O–H groups in total. The van der Waals surface area contributed by atoms with Crippen molar-refractivity contribution in [3.05, 3.63) is 14.7 Å². The molecule has 1 unspecified atom stereocenters. The van der Waals surface area contributed by atoms with Gasteiger partial charge in [0, 0.05) is 22.7 Å². The van der Waals surface area contributed by atoms with Gasteiger partial charge in [0.1, 0.15) is 4.90 Å². The second-order valence-corrected chi connectivity index (χ2v) is 11.2. The fourth-order valence-corrected chi connectivity index (χ4v) is 7.37. The van der Waals surface area contributed by atoms with E-state index in [4.69, 9.17) is 0 Å². The third kappa shape index (κ3) is 4.68. The molecule has 1 fully saturated rings. The fraction of sp³-hybridized carbons (Fsp3) is 0.692. The van der Waals surface area contributed by atoms with Gasteiger partial charge in [-0.3, -0.25) is 0 Å². The highest BCUT2D eigenvalue weighted by Gasteiger charge is 2.31. The molecule has 0 radical (unpaired) electrons. The number of halogens is 1. The standard InChI is InChI=1S/C13H21BrN2O2S3/c1-3-15-8-10-7-11(12(14)20-10)21(17,18)16-9-13(2)5-4-6-19-13/h7,15-16H,3-6,8-9H2,1-2H3. The molecule has 21 heavy (non-hydrogen) atoms. The molecule has 1 aliphatic heterocycles. The van der Waals surface area contributed by atoms with Gasteiger partial charge in [-0.25, -0.2) is 13.1 Å². The molecule has 0 bridgehead atoms. The predicted molar refractivity (Wildman–Crippen MR) is 94.7 cm³/mol.